The minimum atomic E-state index is 0.0688. The molecule has 1 heterocycles. The Morgan fingerprint density at radius 2 is 2.14 bits per heavy atom. The Morgan fingerprint density at radius 3 is 2.71 bits per heavy atom. The molecular formula is C11H13BrN2. The van der Waals surface area contributed by atoms with Crippen molar-refractivity contribution in [3.63, 3.8) is 0 Å². The summed E-state index contributed by atoms with van der Waals surface area (Å²) in [5, 5.41) is 1.22. The maximum Gasteiger partial charge on any atom is 0.0491 e. The number of rotatable bonds is 1. The molecule has 2 rings (SSSR count). The molecule has 0 aliphatic heterocycles. The summed E-state index contributed by atoms with van der Waals surface area (Å²) in [4.78, 5) is 0. The maximum absolute atomic E-state index is 5.89. The zero-order valence-electron chi connectivity index (χ0n) is 8.29. The highest BCUT2D eigenvalue weighted by Gasteiger charge is 2.10. The Kier molecular flexibility index (Phi) is 2.37. The molecule has 14 heavy (non-hydrogen) atoms. The van der Waals surface area contributed by atoms with E-state index in [2.05, 4.69) is 32.6 Å². The van der Waals surface area contributed by atoms with Gasteiger partial charge in [-0.2, -0.15) is 0 Å². The molecule has 0 fully saturated rings. The lowest BCUT2D eigenvalue weighted by Crippen LogP contribution is -2.09. The molecule has 0 saturated carbocycles. The largest absolute Gasteiger partial charge is 0.346 e. The van der Waals surface area contributed by atoms with Crippen molar-refractivity contribution in [2.45, 2.75) is 13.0 Å². The number of benzene rings is 1. The monoisotopic (exact) mass is 252 g/mol. The summed E-state index contributed by atoms with van der Waals surface area (Å²) in [7, 11) is 2.05. The van der Waals surface area contributed by atoms with Crippen molar-refractivity contribution in [3.8, 4) is 0 Å². The van der Waals surface area contributed by atoms with Crippen LogP contribution in [0.25, 0.3) is 10.9 Å². The van der Waals surface area contributed by atoms with E-state index >= 15 is 0 Å². The molecule has 2 aromatic rings. The summed E-state index contributed by atoms with van der Waals surface area (Å²) in [6.45, 7) is 2.00. The van der Waals surface area contributed by atoms with Crippen LogP contribution in [0.4, 0.5) is 0 Å². The van der Waals surface area contributed by atoms with Crippen LogP contribution in [-0.4, -0.2) is 4.57 Å². The first-order valence-electron chi connectivity index (χ1n) is 4.60. The molecule has 1 atom stereocenters. The van der Waals surface area contributed by atoms with Crippen LogP contribution in [0.5, 0.6) is 0 Å². The van der Waals surface area contributed by atoms with Crippen molar-refractivity contribution in [3.05, 3.63) is 34.4 Å². The van der Waals surface area contributed by atoms with Crippen LogP contribution >= 0.6 is 15.9 Å². The lowest BCUT2D eigenvalue weighted by atomic mass is 10.2. The van der Waals surface area contributed by atoms with E-state index in [-0.39, 0.29) is 6.04 Å². The van der Waals surface area contributed by atoms with Gasteiger partial charge in [-0.15, -0.1) is 0 Å². The molecular weight excluding hydrogens is 240 g/mol. The van der Waals surface area contributed by atoms with Crippen LogP contribution in [0.1, 0.15) is 18.7 Å². The van der Waals surface area contributed by atoms with Crippen LogP contribution in [0, 0.1) is 0 Å². The van der Waals surface area contributed by atoms with Gasteiger partial charge in [-0.05, 0) is 25.1 Å². The molecule has 1 aromatic heterocycles. The number of nitrogens with two attached hydrogens (primary N) is 1. The highest BCUT2D eigenvalue weighted by molar-refractivity contribution is 9.10. The third kappa shape index (κ3) is 1.37. The van der Waals surface area contributed by atoms with E-state index in [0.717, 1.165) is 10.2 Å². The van der Waals surface area contributed by atoms with Crippen LogP contribution in [0.2, 0.25) is 0 Å². The first kappa shape index (κ1) is 9.74. The second kappa shape index (κ2) is 3.41. The summed E-state index contributed by atoms with van der Waals surface area (Å²) in [6.07, 6.45) is 0. The van der Waals surface area contributed by atoms with Crippen molar-refractivity contribution < 1.29 is 0 Å². The van der Waals surface area contributed by atoms with Gasteiger partial charge in [0.1, 0.15) is 0 Å². The van der Waals surface area contributed by atoms with Crippen molar-refractivity contribution in [1.29, 1.82) is 0 Å². The van der Waals surface area contributed by atoms with Gasteiger partial charge in [0, 0.05) is 34.2 Å². The van der Waals surface area contributed by atoms with Crippen LogP contribution in [0.3, 0.4) is 0 Å². The highest BCUT2D eigenvalue weighted by Crippen LogP contribution is 2.28. The quantitative estimate of drug-likeness (QED) is 0.832. The number of halogens is 1. The number of aromatic nitrogens is 1. The Morgan fingerprint density at radius 1 is 1.43 bits per heavy atom. The van der Waals surface area contributed by atoms with E-state index in [0.29, 0.717) is 0 Å². The van der Waals surface area contributed by atoms with E-state index in [4.69, 9.17) is 5.73 Å². The standard InChI is InChI=1S/C11H13BrN2/c1-7(13)11-6-8-9(12)4-3-5-10(8)14(11)2/h3-7H,13H2,1-2H3. The molecule has 3 heteroatoms. The normalized spacial score (nSPS) is 13.4. The third-order valence-electron chi connectivity index (χ3n) is 2.54. The van der Waals surface area contributed by atoms with Gasteiger partial charge in [0.15, 0.2) is 0 Å². The van der Waals surface area contributed by atoms with E-state index in [1.165, 1.54) is 10.9 Å². The summed E-state index contributed by atoms with van der Waals surface area (Å²) in [6, 6.07) is 8.40. The summed E-state index contributed by atoms with van der Waals surface area (Å²) >= 11 is 3.54. The fraction of sp³-hybridized carbons (Fsp3) is 0.273. The van der Waals surface area contributed by atoms with Gasteiger partial charge < -0.3 is 10.3 Å². The summed E-state index contributed by atoms with van der Waals surface area (Å²) in [5.74, 6) is 0. The third-order valence-corrected chi connectivity index (χ3v) is 3.23. The topological polar surface area (TPSA) is 30.9 Å². The van der Waals surface area contributed by atoms with Crippen molar-refractivity contribution in [2.24, 2.45) is 12.8 Å². The average Bonchev–Trinajstić information content (AvgIpc) is 2.46. The molecule has 2 nitrogen and oxygen atoms in total. The molecule has 74 valence electrons. The van der Waals surface area contributed by atoms with Crippen LogP contribution < -0.4 is 5.73 Å². The lowest BCUT2D eigenvalue weighted by molar-refractivity contribution is 0.726. The Balaban J connectivity index is 2.80. The van der Waals surface area contributed by atoms with Gasteiger partial charge in [0.05, 0.1) is 0 Å². The van der Waals surface area contributed by atoms with Crippen molar-refractivity contribution >= 4 is 26.8 Å². The molecule has 0 aliphatic carbocycles. The Labute approximate surface area is 91.8 Å². The zero-order chi connectivity index (χ0) is 10.3. The minimum Gasteiger partial charge on any atom is -0.346 e. The highest BCUT2D eigenvalue weighted by atomic mass is 79.9. The van der Waals surface area contributed by atoms with Crippen LogP contribution in [-0.2, 0) is 7.05 Å². The maximum atomic E-state index is 5.89. The molecule has 1 aromatic carbocycles. The predicted molar refractivity (Wildman–Crippen MR) is 63.2 cm³/mol. The average molecular weight is 253 g/mol. The lowest BCUT2D eigenvalue weighted by Gasteiger charge is -2.06. The molecule has 0 aliphatic rings. The molecule has 0 radical (unpaired) electrons. The van der Waals surface area contributed by atoms with E-state index < -0.39 is 0 Å². The number of nitrogens with zero attached hydrogens (tertiary/aromatic N) is 1. The molecule has 0 amide bonds. The summed E-state index contributed by atoms with van der Waals surface area (Å²) < 4.78 is 3.27. The first-order chi connectivity index (χ1) is 6.61. The zero-order valence-corrected chi connectivity index (χ0v) is 9.88. The number of fused-ring (bicyclic) bond motifs is 1. The van der Waals surface area contributed by atoms with Gasteiger partial charge in [-0.3, -0.25) is 0 Å². The predicted octanol–water partition coefficient (Wildman–Crippen LogP) is 2.96. The number of hydrogen-bond donors (Lipinski definition) is 1. The second-order valence-electron chi connectivity index (χ2n) is 3.59. The van der Waals surface area contributed by atoms with Gasteiger partial charge in [-0.25, -0.2) is 0 Å². The van der Waals surface area contributed by atoms with Crippen LogP contribution in [0.15, 0.2) is 28.7 Å². The molecule has 0 bridgehead atoms. The van der Waals surface area contributed by atoms with Gasteiger partial charge >= 0.3 is 0 Å². The van der Waals surface area contributed by atoms with E-state index in [9.17, 15) is 0 Å². The smallest absolute Gasteiger partial charge is 0.0491 e. The molecule has 0 spiro atoms. The van der Waals surface area contributed by atoms with Crippen molar-refractivity contribution in [1.82, 2.24) is 4.57 Å². The van der Waals surface area contributed by atoms with E-state index in [1.807, 2.05) is 26.1 Å². The number of aryl methyl sites for hydroxylation is 1. The minimum absolute atomic E-state index is 0.0688. The number of hydrogen-bond acceptors (Lipinski definition) is 1. The fourth-order valence-electron chi connectivity index (χ4n) is 1.78. The fourth-order valence-corrected chi connectivity index (χ4v) is 2.25. The van der Waals surface area contributed by atoms with Gasteiger partial charge in [0.25, 0.3) is 0 Å². The van der Waals surface area contributed by atoms with Gasteiger partial charge in [0.2, 0.25) is 0 Å². The second-order valence-corrected chi connectivity index (χ2v) is 4.44. The van der Waals surface area contributed by atoms with Gasteiger partial charge in [-0.1, -0.05) is 22.0 Å². The SMILES string of the molecule is CC(N)c1cc2c(Br)cccc2n1C. The van der Waals surface area contributed by atoms with E-state index in [1.54, 1.807) is 0 Å². The van der Waals surface area contributed by atoms with Crippen molar-refractivity contribution in [2.75, 3.05) is 0 Å². The first-order valence-corrected chi connectivity index (χ1v) is 5.40. The molecule has 0 saturated heterocycles. The Hall–Kier alpha value is -0.800. The summed E-state index contributed by atoms with van der Waals surface area (Å²) in [5.41, 5.74) is 8.27. The molecule has 2 N–H and O–H groups in total. The Bertz CT molecular complexity index is 471. The molecule has 1 unspecified atom stereocenters.